The smallest absolute Gasteiger partial charge is 0.228 e. The highest BCUT2D eigenvalue weighted by molar-refractivity contribution is 4.99. The summed E-state index contributed by atoms with van der Waals surface area (Å²) in [4.78, 5) is 4.40. The van der Waals surface area contributed by atoms with Crippen LogP contribution in [-0.4, -0.2) is 29.4 Å². The molecule has 2 fully saturated rings. The van der Waals surface area contributed by atoms with Crippen molar-refractivity contribution in [3.63, 3.8) is 0 Å². The van der Waals surface area contributed by atoms with Gasteiger partial charge >= 0.3 is 0 Å². The molecular formula is C11H17N3O2. The standard InChI is InChI=1S/C11H17N3O2/c12-9(7-1-2-7)5-10-13-11(14-16-10)8-3-4-15-6-8/h7-9H,1-6,12H2. The molecule has 1 saturated heterocycles. The minimum Gasteiger partial charge on any atom is -0.381 e. The molecule has 88 valence electrons. The van der Waals surface area contributed by atoms with Crippen molar-refractivity contribution in [2.45, 2.75) is 37.6 Å². The second-order valence-corrected chi connectivity index (χ2v) is 4.81. The van der Waals surface area contributed by atoms with Gasteiger partial charge in [-0.15, -0.1) is 0 Å². The van der Waals surface area contributed by atoms with Gasteiger partial charge in [-0.2, -0.15) is 4.98 Å². The number of hydrogen-bond acceptors (Lipinski definition) is 5. The van der Waals surface area contributed by atoms with Crippen LogP contribution in [0.2, 0.25) is 0 Å². The van der Waals surface area contributed by atoms with E-state index in [0.717, 1.165) is 18.9 Å². The summed E-state index contributed by atoms with van der Waals surface area (Å²) in [6, 6.07) is 0.188. The maximum Gasteiger partial charge on any atom is 0.228 e. The highest BCUT2D eigenvalue weighted by Gasteiger charge is 2.30. The fourth-order valence-electron chi connectivity index (χ4n) is 2.15. The summed E-state index contributed by atoms with van der Waals surface area (Å²) in [5, 5.41) is 4.01. The number of nitrogens with zero attached hydrogens (tertiary/aromatic N) is 2. The van der Waals surface area contributed by atoms with Crippen LogP contribution in [0.3, 0.4) is 0 Å². The van der Waals surface area contributed by atoms with E-state index < -0.39 is 0 Å². The molecule has 0 amide bonds. The van der Waals surface area contributed by atoms with Crippen LogP contribution in [0.5, 0.6) is 0 Å². The Morgan fingerprint density at radius 3 is 2.94 bits per heavy atom. The zero-order chi connectivity index (χ0) is 11.0. The number of aromatic nitrogens is 2. The Morgan fingerprint density at radius 2 is 2.25 bits per heavy atom. The van der Waals surface area contributed by atoms with Gasteiger partial charge in [0.1, 0.15) is 0 Å². The minimum atomic E-state index is 0.188. The van der Waals surface area contributed by atoms with E-state index >= 15 is 0 Å². The molecule has 2 aliphatic rings. The average molecular weight is 223 g/mol. The van der Waals surface area contributed by atoms with E-state index in [1.165, 1.54) is 12.8 Å². The summed E-state index contributed by atoms with van der Waals surface area (Å²) in [5.74, 6) is 2.46. The van der Waals surface area contributed by atoms with Gasteiger partial charge in [0.05, 0.1) is 6.61 Å². The largest absolute Gasteiger partial charge is 0.381 e. The van der Waals surface area contributed by atoms with Crippen LogP contribution in [0.4, 0.5) is 0 Å². The van der Waals surface area contributed by atoms with E-state index in [1.807, 2.05) is 0 Å². The number of nitrogens with two attached hydrogens (primary N) is 1. The Bertz CT molecular complexity index is 356. The van der Waals surface area contributed by atoms with Crippen molar-refractivity contribution in [3.05, 3.63) is 11.7 Å². The lowest BCUT2D eigenvalue weighted by Gasteiger charge is -2.04. The van der Waals surface area contributed by atoms with Crippen molar-refractivity contribution in [1.82, 2.24) is 10.1 Å². The van der Waals surface area contributed by atoms with Crippen LogP contribution in [0.25, 0.3) is 0 Å². The molecule has 2 N–H and O–H groups in total. The molecule has 0 spiro atoms. The third-order valence-corrected chi connectivity index (χ3v) is 3.42. The van der Waals surface area contributed by atoms with Crippen LogP contribution >= 0.6 is 0 Å². The lowest BCUT2D eigenvalue weighted by molar-refractivity contribution is 0.192. The molecule has 0 radical (unpaired) electrons. The summed E-state index contributed by atoms with van der Waals surface area (Å²) in [7, 11) is 0. The van der Waals surface area contributed by atoms with Crippen molar-refractivity contribution in [2.75, 3.05) is 13.2 Å². The molecule has 0 bridgehead atoms. The fraction of sp³-hybridized carbons (Fsp3) is 0.818. The number of hydrogen-bond donors (Lipinski definition) is 1. The third-order valence-electron chi connectivity index (χ3n) is 3.42. The Kier molecular flexibility index (Phi) is 2.65. The zero-order valence-corrected chi connectivity index (χ0v) is 9.26. The molecule has 1 saturated carbocycles. The number of rotatable bonds is 4. The monoisotopic (exact) mass is 223 g/mol. The Balaban J connectivity index is 1.62. The van der Waals surface area contributed by atoms with E-state index in [1.54, 1.807) is 0 Å². The first-order valence-corrected chi connectivity index (χ1v) is 5.99. The summed E-state index contributed by atoms with van der Waals surface area (Å²) in [6.07, 6.45) is 4.20. The number of ether oxygens (including phenoxy) is 1. The molecule has 1 aromatic heterocycles. The quantitative estimate of drug-likeness (QED) is 0.819. The van der Waals surface area contributed by atoms with Crippen LogP contribution in [0.15, 0.2) is 4.52 Å². The van der Waals surface area contributed by atoms with Gasteiger partial charge in [0, 0.05) is 25.0 Å². The summed E-state index contributed by atoms with van der Waals surface area (Å²) >= 11 is 0. The predicted molar refractivity (Wildman–Crippen MR) is 56.9 cm³/mol. The molecule has 5 nitrogen and oxygen atoms in total. The Morgan fingerprint density at radius 1 is 1.38 bits per heavy atom. The van der Waals surface area contributed by atoms with E-state index in [0.29, 0.717) is 30.8 Å². The SMILES string of the molecule is NC(Cc1nc(C2CCOC2)no1)C1CC1. The average Bonchev–Trinajstić information content (AvgIpc) is 2.80. The van der Waals surface area contributed by atoms with Gasteiger partial charge in [0.25, 0.3) is 0 Å². The molecule has 5 heteroatoms. The summed E-state index contributed by atoms with van der Waals surface area (Å²) in [5.41, 5.74) is 6.02. The third kappa shape index (κ3) is 2.10. The van der Waals surface area contributed by atoms with Gasteiger partial charge in [-0.25, -0.2) is 0 Å². The summed E-state index contributed by atoms with van der Waals surface area (Å²) < 4.78 is 10.5. The van der Waals surface area contributed by atoms with Crippen LogP contribution < -0.4 is 5.73 Å². The van der Waals surface area contributed by atoms with Gasteiger partial charge in [-0.1, -0.05) is 5.16 Å². The summed E-state index contributed by atoms with van der Waals surface area (Å²) in [6.45, 7) is 1.52. The first-order chi connectivity index (χ1) is 7.83. The zero-order valence-electron chi connectivity index (χ0n) is 9.26. The fourth-order valence-corrected chi connectivity index (χ4v) is 2.15. The van der Waals surface area contributed by atoms with Crippen molar-refractivity contribution in [1.29, 1.82) is 0 Å². The molecule has 16 heavy (non-hydrogen) atoms. The van der Waals surface area contributed by atoms with Crippen LogP contribution in [-0.2, 0) is 11.2 Å². The van der Waals surface area contributed by atoms with Crippen molar-refractivity contribution in [2.24, 2.45) is 11.7 Å². The lowest BCUT2D eigenvalue weighted by atomic mass is 10.1. The molecule has 3 rings (SSSR count). The maximum absolute atomic E-state index is 6.02. The van der Waals surface area contributed by atoms with Gasteiger partial charge in [-0.05, 0) is 25.2 Å². The topological polar surface area (TPSA) is 74.2 Å². The first kappa shape index (κ1) is 10.2. The van der Waals surface area contributed by atoms with E-state index in [9.17, 15) is 0 Å². The second-order valence-electron chi connectivity index (χ2n) is 4.81. The van der Waals surface area contributed by atoms with Gasteiger partial charge in [0.15, 0.2) is 5.82 Å². The minimum absolute atomic E-state index is 0.188. The van der Waals surface area contributed by atoms with E-state index in [2.05, 4.69) is 10.1 Å². The van der Waals surface area contributed by atoms with Crippen LogP contribution in [0.1, 0.15) is 36.9 Å². The molecule has 2 heterocycles. The highest BCUT2D eigenvalue weighted by Crippen LogP contribution is 2.33. The van der Waals surface area contributed by atoms with Crippen LogP contribution in [0, 0.1) is 5.92 Å². The maximum atomic E-state index is 6.02. The lowest BCUT2D eigenvalue weighted by Crippen LogP contribution is -2.25. The van der Waals surface area contributed by atoms with Crippen molar-refractivity contribution < 1.29 is 9.26 Å². The van der Waals surface area contributed by atoms with Gasteiger partial charge in [0.2, 0.25) is 5.89 Å². The van der Waals surface area contributed by atoms with E-state index in [4.69, 9.17) is 15.0 Å². The molecule has 1 aromatic rings. The molecule has 2 unspecified atom stereocenters. The predicted octanol–water partition coefficient (Wildman–Crippen LogP) is 0.853. The van der Waals surface area contributed by atoms with Crippen molar-refractivity contribution >= 4 is 0 Å². The molecule has 2 atom stereocenters. The van der Waals surface area contributed by atoms with Crippen molar-refractivity contribution in [3.8, 4) is 0 Å². The molecular weight excluding hydrogens is 206 g/mol. The normalized spacial score (nSPS) is 27.2. The Hall–Kier alpha value is -0.940. The van der Waals surface area contributed by atoms with Gasteiger partial charge < -0.3 is 15.0 Å². The first-order valence-electron chi connectivity index (χ1n) is 5.99. The van der Waals surface area contributed by atoms with Gasteiger partial charge in [-0.3, -0.25) is 0 Å². The second kappa shape index (κ2) is 4.14. The molecule has 1 aliphatic heterocycles. The van der Waals surface area contributed by atoms with E-state index in [-0.39, 0.29) is 6.04 Å². The molecule has 0 aromatic carbocycles. The molecule has 1 aliphatic carbocycles. The Labute approximate surface area is 94.3 Å². The highest BCUT2D eigenvalue weighted by atomic mass is 16.5.